The normalized spacial score (nSPS) is 22.1. The molecular formula is C17H22N2O5S. The van der Waals surface area contributed by atoms with Crippen molar-refractivity contribution in [3.63, 3.8) is 0 Å². The number of benzene rings is 1. The molecule has 2 aliphatic heterocycles. The molecule has 8 heteroatoms. The van der Waals surface area contributed by atoms with Gasteiger partial charge in [0.1, 0.15) is 6.04 Å². The summed E-state index contributed by atoms with van der Waals surface area (Å²) in [5.74, 6) is -1.36. The van der Waals surface area contributed by atoms with Crippen molar-refractivity contribution in [2.75, 3.05) is 19.6 Å². The van der Waals surface area contributed by atoms with Gasteiger partial charge in [-0.2, -0.15) is 4.31 Å². The van der Waals surface area contributed by atoms with E-state index >= 15 is 0 Å². The maximum atomic E-state index is 12.6. The molecule has 1 N–H and O–H groups in total. The molecule has 3 rings (SSSR count). The summed E-state index contributed by atoms with van der Waals surface area (Å²) < 4.78 is 26.5. The monoisotopic (exact) mass is 366 g/mol. The van der Waals surface area contributed by atoms with E-state index in [-0.39, 0.29) is 10.8 Å². The van der Waals surface area contributed by atoms with Gasteiger partial charge < -0.3 is 10.0 Å². The van der Waals surface area contributed by atoms with Crippen molar-refractivity contribution in [1.29, 1.82) is 0 Å². The SMILES string of the molecule is O=C(O)[C@H]1CCCCN1C(=O)c1ccc(S(=O)(=O)N2CCCC2)cc1. The highest BCUT2D eigenvalue weighted by Gasteiger charge is 2.33. The number of nitrogens with zero attached hydrogens (tertiary/aromatic N) is 2. The number of piperidine rings is 1. The summed E-state index contributed by atoms with van der Waals surface area (Å²) >= 11 is 0. The molecule has 0 bridgehead atoms. The number of sulfonamides is 1. The zero-order valence-corrected chi connectivity index (χ0v) is 14.7. The lowest BCUT2D eigenvalue weighted by Crippen LogP contribution is -2.47. The van der Waals surface area contributed by atoms with Crippen molar-refractivity contribution < 1.29 is 23.1 Å². The number of amides is 1. The zero-order chi connectivity index (χ0) is 18.0. The van der Waals surface area contributed by atoms with Gasteiger partial charge in [-0.25, -0.2) is 13.2 Å². The van der Waals surface area contributed by atoms with E-state index in [0.717, 1.165) is 25.7 Å². The third kappa shape index (κ3) is 3.55. The lowest BCUT2D eigenvalue weighted by Gasteiger charge is -2.33. The number of aliphatic carboxylic acids is 1. The summed E-state index contributed by atoms with van der Waals surface area (Å²) in [5, 5.41) is 9.30. The first-order valence-electron chi connectivity index (χ1n) is 8.55. The van der Waals surface area contributed by atoms with Gasteiger partial charge in [0.2, 0.25) is 10.0 Å². The highest BCUT2D eigenvalue weighted by Crippen LogP contribution is 2.23. The molecule has 0 aromatic heterocycles. The van der Waals surface area contributed by atoms with Crippen LogP contribution in [-0.4, -0.2) is 60.3 Å². The summed E-state index contributed by atoms with van der Waals surface area (Å²) in [6.07, 6.45) is 3.73. The second kappa shape index (κ2) is 7.13. The molecule has 0 unspecified atom stereocenters. The fourth-order valence-electron chi connectivity index (χ4n) is 3.44. The molecular weight excluding hydrogens is 344 g/mol. The molecule has 1 atom stereocenters. The Balaban J connectivity index is 1.79. The smallest absolute Gasteiger partial charge is 0.326 e. The number of carboxylic acid groups (broad SMARTS) is 1. The standard InChI is InChI=1S/C17H22N2O5S/c20-16(19-12-2-1-5-15(19)17(21)22)13-6-8-14(9-7-13)25(23,24)18-10-3-4-11-18/h6-9,15H,1-5,10-12H2,(H,21,22)/t15-/m1/s1. The molecule has 2 saturated heterocycles. The zero-order valence-electron chi connectivity index (χ0n) is 13.9. The molecule has 1 amide bonds. The number of hydrogen-bond donors (Lipinski definition) is 1. The Morgan fingerprint density at radius 1 is 0.960 bits per heavy atom. The minimum absolute atomic E-state index is 0.166. The predicted octanol–water partition coefficient (Wildman–Crippen LogP) is 1.55. The van der Waals surface area contributed by atoms with E-state index in [1.165, 1.54) is 33.5 Å². The fraction of sp³-hybridized carbons (Fsp3) is 0.529. The highest BCUT2D eigenvalue weighted by molar-refractivity contribution is 7.89. The van der Waals surface area contributed by atoms with E-state index in [2.05, 4.69) is 0 Å². The first kappa shape index (κ1) is 17.9. The lowest BCUT2D eigenvalue weighted by molar-refractivity contribution is -0.143. The molecule has 2 fully saturated rings. The maximum absolute atomic E-state index is 12.6. The van der Waals surface area contributed by atoms with Crippen molar-refractivity contribution in [1.82, 2.24) is 9.21 Å². The van der Waals surface area contributed by atoms with Crippen LogP contribution in [0.25, 0.3) is 0 Å². The van der Waals surface area contributed by atoms with Crippen molar-refractivity contribution >= 4 is 21.9 Å². The van der Waals surface area contributed by atoms with Crippen molar-refractivity contribution in [3.05, 3.63) is 29.8 Å². The fourth-order valence-corrected chi connectivity index (χ4v) is 4.96. The summed E-state index contributed by atoms with van der Waals surface area (Å²) in [4.78, 5) is 25.5. The van der Waals surface area contributed by atoms with Crippen LogP contribution in [0.5, 0.6) is 0 Å². The van der Waals surface area contributed by atoms with Gasteiger partial charge >= 0.3 is 5.97 Å². The van der Waals surface area contributed by atoms with Gasteiger partial charge in [0, 0.05) is 25.2 Å². The number of hydrogen-bond acceptors (Lipinski definition) is 4. The molecule has 7 nitrogen and oxygen atoms in total. The van der Waals surface area contributed by atoms with E-state index in [1.54, 1.807) is 0 Å². The number of carbonyl (C=O) groups excluding carboxylic acids is 1. The van der Waals surface area contributed by atoms with Crippen LogP contribution < -0.4 is 0 Å². The van der Waals surface area contributed by atoms with Crippen molar-refractivity contribution in [2.24, 2.45) is 0 Å². The second-order valence-electron chi connectivity index (χ2n) is 6.48. The quantitative estimate of drug-likeness (QED) is 0.872. The van der Waals surface area contributed by atoms with Gasteiger partial charge in [0.25, 0.3) is 5.91 Å². The molecule has 0 saturated carbocycles. The average Bonchev–Trinajstić information content (AvgIpc) is 3.16. The van der Waals surface area contributed by atoms with Crippen LogP contribution in [0.4, 0.5) is 0 Å². The van der Waals surface area contributed by atoms with Crippen LogP contribution in [0.1, 0.15) is 42.5 Å². The molecule has 2 heterocycles. The summed E-state index contributed by atoms with van der Waals surface area (Å²) in [7, 11) is -3.52. The van der Waals surface area contributed by atoms with Gasteiger partial charge in [0.15, 0.2) is 0 Å². The molecule has 25 heavy (non-hydrogen) atoms. The van der Waals surface area contributed by atoms with E-state index in [0.29, 0.717) is 31.6 Å². The van der Waals surface area contributed by atoms with Crippen LogP contribution in [0.2, 0.25) is 0 Å². The second-order valence-corrected chi connectivity index (χ2v) is 8.42. The predicted molar refractivity (Wildman–Crippen MR) is 90.7 cm³/mol. The molecule has 0 aliphatic carbocycles. The van der Waals surface area contributed by atoms with E-state index in [1.807, 2.05) is 0 Å². The Hall–Kier alpha value is -1.93. The van der Waals surface area contributed by atoms with Gasteiger partial charge in [0.05, 0.1) is 4.90 Å². The number of carboxylic acids is 1. The Kier molecular flexibility index (Phi) is 5.10. The Morgan fingerprint density at radius 3 is 2.16 bits per heavy atom. The Bertz CT molecular complexity index is 754. The van der Waals surface area contributed by atoms with Crippen LogP contribution in [0.3, 0.4) is 0 Å². The molecule has 136 valence electrons. The van der Waals surface area contributed by atoms with Crippen LogP contribution in [0, 0.1) is 0 Å². The minimum atomic E-state index is -3.52. The highest BCUT2D eigenvalue weighted by atomic mass is 32.2. The Morgan fingerprint density at radius 2 is 1.56 bits per heavy atom. The lowest BCUT2D eigenvalue weighted by atomic mass is 10.0. The van der Waals surface area contributed by atoms with Gasteiger partial charge in [-0.05, 0) is 56.4 Å². The summed E-state index contributed by atoms with van der Waals surface area (Å²) in [6.45, 7) is 1.46. The van der Waals surface area contributed by atoms with Crippen molar-refractivity contribution in [3.8, 4) is 0 Å². The minimum Gasteiger partial charge on any atom is -0.480 e. The van der Waals surface area contributed by atoms with Crippen LogP contribution in [-0.2, 0) is 14.8 Å². The molecule has 0 radical (unpaired) electrons. The largest absolute Gasteiger partial charge is 0.480 e. The molecule has 1 aromatic rings. The number of likely N-dealkylation sites (tertiary alicyclic amines) is 1. The third-order valence-electron chi connectivity index (χ3n) is 4.85. The van der Waals surface area contributed by atoms with Gasteiger partial charge in [-0.1, -0.05) is 0 Å². The summed E-state index contributed by atoms with van der Waals surface area (Å²) in [5.41, 5.74) is 0.313. The van der Waals surface area contributed by atoms with E-state index in [4.69, 9.17) is 0 Å². The molecule has 1 aromatic carbocycles. The first-order valence-corrected chi connectivity index (χ1v) is 9.99. The van der Waals surface area contributed by atoms with Gasteiger partial charge in [-0.3, -0.25) is 4.79 Å². The summed E-state index contributed by atoms with van der Waals surface area (Å²) in [6, 6.07) is 4.99. The average molecular weight is 366 g/mol. The van der Waals surface area contributed by atoms with Crippen LogP contribution in [0.15, 0.2) is 29.2 Å². The molecule has 0 spiro atoms. The van der Waals surface area contributed by atoms with Crippen LogP contribution >= 0.6 is 0 Å². The third-order valence-corrected chi connectivity index (χ3v) is 6.77. The first-order chi connectivity index (χ1) is 11.9. The van der Waals surface area contributed by atoms with Gasteiger partial charge in [-0.15, -0.1) is 0 Å². The molecule has 2 aliphatic rings. The number of carbonyl (C=O) groups is 2. The van der Waals surface area contributed by atoms with E-state index < -0.39 is 22.0 Å². The Labute approximate surface area is 147 Å². The van der Waals surface area contributed by atoms with Crippen molar-refractivity contribution in [2.45, 2.75) is 43.0 Å². The van der Waals surface area contributed by atoms with E-state index in [9.17, 15) is 23.1 Å². The maximum Gasteiger partial charge on any atom is 0.326 e. The number of rotatable bonds is 4. The topological polar surface area (TPSA) is 95.0 Å².